The number of nitro benzene ring substituents is 2. The SMILES string of the molecule is Cc1c(F)c([N+](=O)[O-])c(N(F)C2CCCN2)c([N+](=O)[O-])c1F. The van der Waals surface area contributed by atoms with E-state index in [-0.39, 0.29) is 11.5 Å². The van der Waals surface area contributed by atoms with E-state index >= 15 is 0 Å². The summed E-state index contributed by atoms with van der Waals surface area (Å²) in [6, 6.07) is 0. The van der Waals surface area contributed by atoms with E-state index in [1.165, 1.54) is 0 Å². The molecule has 0 aliphatic carbocycles. The Bertz CT molecular complexity index is 608. The Kier molecular flexibility index (Phi) is 4.17. The van der Waals surface area contributed by atoms with Gasteiger partial charge in [-0.25, -0.2) is 0 Å². The molecule has 120 valence electrons. The number of halogens is 3. The van der Waals surface area contributed by atoms with Crippen LogP contribution in [0, 0.1) is 38.8 Å². The van der Waals surface area contributed by atoms with E-state index in [2.05, 4.69) is 5.32 Å². The fourth-order valence-electron chi connectivity index (χ4n) is 2.32. The van der Waals surface area contributed by atoms with E-state index in [1.807, 2.05) is 0 Å². The molecular formula is C11H11F3N4O4. The number of benzene rings is 1. The van der Waals surface area contributed by atoms with Crippen molar-refractivity contribution in [2.45, 2.75) is 25.9 Å². The summed E-state index contributed by atoms with van der Waals surface area (Å²) in [6.07, 6.45) is -0.426. The molecule has 0 spiro atoms. The fraction of sp³-hybridized carbons (Fsp3) is 0.455. The van der Waals surface area contributed by atoms with Crippen LogP contribution < -0.4 is 10.4 Å². The number of anilines is 1. The molecule has 1 atom stereocenters. The molecule has 22 heavy (non-hydrogen) atoms. The Labute approximate surface area is 121 Å². The molecule has 0 bridgehead atoms. The minimum atomic E-state index is -1.64. The molecule has 1 aliphatic heterocycles. The van der Waals surface area contributed by atoms with Gasteiger partial charge >= 0.3 is 11.4 Å². The minimum absolute atomic E-state index is 0.182. The second kappa shape index (κ2) is 5.75. The maximum atomic E-state index is 14.4. The Morgan fingerprint density at radius 3 is 2.05 bits per heavy atom. The van der Waals surface area contributed by atoms with Crippen molar-refractivity contribution in [3.8, 4) is 0 Å². The fourth-order valence-corrected chi connectivity index (χ4v) is 2.32. The first-order valence-electron chi connectivity index (χ1n) is 6.26. The van der Waals surface area contributed by atoms with Crippen LogP contribution in [0.1, 0.15) is 18.4 Å². The molecule has 1 heterocycles. The first-order chi connectivity index (χ1) is 10.3. The van der Waals surface area contributed by atoms with E-state index in [1.54, 1.807) is 0 Å². The molecule has 0 aromatic heterocycles. The van der Waals surface area contributed by atoms with Gasteiger partial charge < -0.3 is 0 Å². The lowest BCUT2D eigenvalue weighted by Gasteiger charge is -2.21. The molecule has 0 amide bonds. The molecule has 1 aromatic rings. The van der Waals surface area contributed by atoms with Gasteiger partial charge in [0.05, 0.1) is 9.85 Å². The molecule has 1 saturated heterocycles. The van der Waals surface area contributed by atoms with Crippen molar-refractivity contribution in [2.24, 2.45) is 0 Å². The highest BCUT2D eigenvalue weighted by atomic mass is 19.2. The van der Waals surface area contributed by atoms with Gasteiger partial charge in [0.1, 0.15) is 6.17 Å². The number of nitro groups is 2. The van der Waals surface area contributed by atoms with Crippen LogP contribution in [0.25, 0.3) is 0 Å². The van der Waals surface area contributed by atoms with E-state index in [4.69, 9.17) is 0 Å². The van der Waals surface area contributed by atoms with Crippen LogP contribution in [0.3, 0.4) is 0 Å². The van der Waals surface area contributed by atoms with Crippen molar-refractivity contribution in [3.05, 3.63) is 37.4 Å². The van der Waals surface area contributed by atoms with Gasteiger partial charge in [-0.1, -0.05) is 4.48 Å². The lowest BCUT2D eigenvalue weighted by Crippen LogP contribution is -2.37. The normalized spacial score (nSPS) is 17.5. The molecule has 1 N–H and O–H groups in total. The first kappa shape index (κ1) is 15.9. The summed E-state index contributed by atoms with van der Waals surface area (Å²) in [6.45, 7) is 1.19. The predicted octanol–water partition coefficient (Wildman–Crippen LogP) is 2.49. The number of nitrogens with one attached hydrogen (secondary N) is 1. The van der Waals surface area contributed by atoms with E-state index in [0.29, 0.717) is 13.0 Å². The number of rotatable bonds is 4. The Morgan fingerprint density at radius 1 is 1.18 bits per heavy atom. The van der Waals surface area contributed by atoms with Gasteiger partial charge in [0.25, 0.3) is 0 Å². The Hall–Kier alpha value is -2.43. The largest absolute Gasteiger partial charge is 0.338 e. The first-order valence-corrected chi connectivity index (χ1v) is 6.26. The number of hydrogen-bond acceptors (Lipinski definition) is 6. The van der Waals surface area contributed by atoms with Crippen molar-refractivity contribution in [1.82, 2.24) is 5.32 Å². The Morgan fingerprint density at radius 2 is 1.68 bits per heavy atom. The van der Waals surface area contributed by atoms with Gasteiger partial charge in [0.2, 0.25) is 17.3 Å². The summed E-state index contributed by atoms with van der Waals surface area (Å²) in [7, 11) is 0. The maximum absolute atomic E-state index is 14.4. The van der Waals surface area contributed by atoms with Crippen molar-refractivity contribution in [1.29, 1.82) is 0 Å². The third-order valence-corrected chi connectivity index (χ3v) is 3.41. The lowest BCUT2D eigenvalue weighted by molar-refractivity contribution is -0.396. The van der Waals surface area contributed by atoms with Gasteiger partial charge in [0, 0.05) is 5.56 Å². The van der Waals surface area contributed by atoms with Crippen LogP contribution in [-0.2, 0) is 0 Å². The van der Waals surface area contributed by atoms with E-state index in [0.717, 1.165) is 6.92 Å². The van der Waals surface area contributed by atoms with Crippen LogP contribution in [0.15, 0.2) is 0 Å². The zero-order valence-corrected chi connectivity index (χ0v) is 11.3. The van der Waals surface area contributed by atoms with Gasteiger partial charge in [-0.05, 0) is 26.3 Å². The third-order valence-electron chi connectivity index (χ3n) is 3.41. The monoisotopic (exact) mass is 320 g/mol. The molecule has 1 fully saturated rings. The maximum Gasteiger partial charge on any atom is 0.338 e. The zero-order chi connectivity index (χ0) is 16.6. The zero-order valence-electron chi connectivity index (χ0n) is 11.3. The molecule has 11 heteroatoms. The van der Waals surface area contributed by atoms with Crippen LogP contribution >= 0.6 is 0 Å². The van der Waals surface area contributed by atoms with Crippen LogP contribution in [0.4, 0.5) is 30.3 Å². The standard InChI is InChI=1S/C11H11F3N4O4/c1-5-7(12)9(17(19)20)11(10(8(5)13)18(21)22)16(14)6-3-2-4-15-6/h6,15H,2-4H2,1H3. The van der Waals surface area contributed by atoms with Crippen LogP contribution in [-0.4, -0.2) is 22.6 Å². The molecule has 2 rings (SSSR count). The Balaban J connectivity index is 2.77. The minimum Gasteiger partial charge on any atom is -0.295 e. The average molecular weight is 320 g/mol. The number of hydrogen-bond donors (Lipinski definition) is 1. The lowest BCUT2D eigenvalue weighted by atomic mass is 10.1. The predicted molar refractivity (Wildman–Crippen MR) is 69.0 cm³/mol. The summed E-state index contributed by atoms with van der Waals surface area (Å²) >= 11 is 0. The molecule has 0 saturated carbocycles. The van der Waals surface area contributed by atoms with Crippen molar-refractivity contribution < 1.29 is 23.1 Å². The summed E-state index contributed by atoms with van der Waals surface area (Å²) in [5.74, 6) is -3.27. The van der Waals surface area contributed by atoms with Gasteiger partial charge in [0.15, 0.2) is 0 Å². The quantitative estimate of drug-likeness (QED) is 0.519. The third kappa shape index (κ3) is 2.43. The number of nitrogens with zero attached hydrogens (tertiary/aromatic N) is 3. The molecule has 1 unspecified atom stereocenters. The molecule has 1 aromatic carbocycles. The highest BCUT2D eigenvalue weighted by Crippen LogP contribution is 2.44. The highest BCUT2D eigenvalue weighted by Gasteiger charge is 2.42. The second-order valence-corrected chi connectivity index (χ2v) is 4.74. The van der Waals surface area contributed by atoms with Crippen molar-refractivity contribution >= 4 is 17.1 Å². The molecule has 0 radical (unpaired) electrons. The topological polar surface area (TPSA) is 102 Å². The summed E-state index contributed by atoms with van der Waals surface area (Å²) in [5, 5.41) is 24.3. The molecule has 1 aliphatic rings. The molecular weight excluding hydrogens is 309 g/mol. The summed E-state index contributed by atoms with van der Waals surface area (Å²) < 4.78 is 42.3. The summed E-state index contributed by atoms with van der Waals surface area (Å²) in [4.78, 5) is 19.4. The van der Waals surface area contributed by atoms with Gasteiger partial charge in [-0.3, -0.25) is 25.5 Å². The van der Waals surface area contributed by atoms with Crippen LogP contribution in [0.2, 0.25) is 0 Å². The smallest absolute Gasteiger partial charge is 0.295 e. The van der Waals surface area contributed by atoms with Crippen molar-refractivity contribution in [2.75, 3.05) is 11.7 Å². The molecule has 8 nitrogen and oxygen atoms in total. The van der Waals surface area contributed by atoms with E-state index < -0.39 is 50.3 Å². The second-order valence-electron chi connectivity index (χ2n) is 4.74. The van der Waals surface area contributed by atoms with Gasteiger partial charge in [-0.15, -0.1) is 0 Å². The van der Waals surface area contributed by atoms with Gasteiger partial charge in [-0.2, -0.15) is 13.9 Å². The van der Waals surface area contributed by atoms with Crippen molar-refractivity contribution in [3.63, 3.8) is 0 Å². The average Bonchev–Trinajstić information content (AvgIpc) is 2.96. The van der Waals surface area contributed by atoms with Crippen LogP contribution in [0.5, 0.6) is 0 Å². The van der Waals surface area contributed by atoms with E-state index in [9.17, 15) is 33.5 Å². The summed E-state index contributed by atoms with van der Waals surface area (Å²) in [5.41, 5.74) is -5.14. The highest BCUT2D eigenvalue weighted by molar-refractivity contribution is 5.76.